The van der Waals surface area contributed by atoms with Crippen LogP contribution in [0.4, 0.5) is 5.69 Å². The number of carbonyl (C=O) groups is 1. The number of carbonyl (C=O) groups excluding carboxylic acids is 1. The zero-order valence-corrected chi connectivity index (χ0v) is 17.5. The summed E-state index contributed by atoms with van der Waals surface area (Å²) in [5.74, 6) is 0.509. The van der Waals surface area contributed by atoms with Gasteiger partial charge in [-0.2, -0.15) is 0 Å². The molecule has 0 bridgehead atoms. The van der Waals surface area contributed by atoms with E-state index in [-0.39, 0.29) is 11.2 Å². The van der Waals surface area contributed by atoms with Crippen LogP contribution in [0.25, 0.3) is 0 Å². The molecule has 1 aliphatic heterocycles. The van der Waals surface area contributed by atoms with Crippen LogP contribution in [0, 0.1) is 0 Å². The standard InChI is InChI=1S/C22H28N2O3S/c1-4-23(5-2)14-15-24-18-8-6-7-9-19(18)28-21(20(25)22(24)26)16-10-12-17(27-3)13-11-16/h6-13,20-21,25H,4-5,14-15H2,1-3H3/t20-,21+/m0/s1. The van der Waals surface area contributed by atoms with Crippen molar-refractivity contribution in [1.29, 1.82) is 0 Å². The van der Waals surface area contributed by atoms with Crippen molar-refractivity contribution in [2.45, 2.75) is 30.1 Å². The fourth-order valence-electron chi connectivity index (χ4n) is 3.44. The van der Waals surface area contributed by atoms with E-state index >= 15 is 0 Å². The Labute approximate surface area is 171 Å². The number of rotatable bonds is 7. The number of likely N-dealkylation sites (N-methyl/N-ethyl adjacent to an activating group) is 1. The lowest BCUT2D eigenvalue weighted by molar-refractivity contribution is -0.126. The monoisotopic (exact) mass is 400 g/mol. The van der Waals surface area contributed by atoms with E-state index in [1.807, 2.05) is 48.5 Å². The van der Waals surface area contributed by atoms with Gasteiger partial charge in [-0.1, -0.05) is 38.1 Å². The van der Waals surface area contributed by atoms with E-state index in [4.69, 9.17) is 4.74 Å². The molecule has 3 rings (SSSR count). The zero-order chi connectivity index (χ0) is 20.1. The van der Waals surface area contributed by atoms with Gasteiger partial charge in [-0.3, -0.25) is 4.79 Å². The topological polar surface area (TPSA) is 53.0 Å². The van der Waals surface area contributed by atoms with Gasteiger partial charge in [0.25, 0.3) is 5.91 Å². The second kappa shape index (κ2) is 9.45. The van der Waals surface area contributed by atoms with Gasteiger partial charge in [0.15, 0.2) is 0 Å². The number of hydrogen-bond acceptors (Lipinski definition) is 5. The Balaban J connectivity index is 1.92. The van der Waals surface area contributed by atoms with Gasteiger partial charge in [-0.25, -0.2) is 0 Å². The average molecular weight is 401 g/mol. The number of thioether (sulfide) groups is 1. The van der Waals surface area contributed by atoms with E-state index in [1.54, 1.807) is 12.0 Å². The van der Waals surface area contributed by atoms with Crippen LogP contribution in [-0.4, -0.2) is 55.3 Å². The molecule has 0 spiro atoms. The molecule has 0 aliphatic carbocycles. The molecule has 0 radical (unpaired) electrons. The van der Waals surface area contributed by atoms with E-state index in [2.05, 4.69) is 18.7 Å². The van der Waals surface area contributed by atoms with E-state index in [0.29, 0.717) is 6.54 Å². The molecule has 0 saturated carbocycles. The minimum atomic E-state index is -1.11. The highest BCUT2D eigenvalue weighted by molar-refractivity contribution is 7.99. The van der Waals surface area contributed by atoms with Gasteiger partial charge in [-0.15, -0.1) is 11.8 Å². The molecule has 28 heavy (non-hydrogen) atoms. The summed E-state index contributed by atoms with van der Waals surface area (Å²) >= 11 is 1.54. The Hall–Kier alpha value is -2.02. The summed E-state index contributed by atoms with van der Waals surface area (Å²) in [4.78, 5) is 18.3. The SMILES string of the molecule is CCN(CC)CCN1C(=O)[C@@H](O)[C@@H](c2ccc(OC)cc2)Sc2ccccc21. The quantitative estimate of drug-likeness (QED) is 0.770. The van der Waals surface area contributed by atoms with Crippen LogP contribution in [0.2, 0.25) is 0 Å². The summed E-state index contributed by atoms with van der Waals surface area (Å²) < 4.78 is 5.23. The highest BCUT2D eigenvalue weighted by Gasteiger charge is 2.37. The Morgan fingerprint density at radius 2 is 1.79 bits per heavy atom. The van der Waals surface area contributed by atoms with Crippen molar-refractivity contribution in [3.8, 4) is 5.75 Å². The summed E-state index contributed by atoms with van der Waals surface area (Å²) in [6.45, 7) is 7.44. The van der Waals surface area contributed by atoms with Gasteiger partial charge in [0.05, 0.1) is 18.0 Å². The predicted molar refractivity (Wildman–Crippen MR) is 114 cm³/mol. The minimum Gasteiger partial charge on any atom is -0.497 e. The Morgan fingerprint density at radius 1 is 1.11 bits per heavy atom. The Morgan fingerprint density at radius 3 is 2.43 bits per heavy atom. The van der Waals surface area contributed by atoms with Gasteiger partial charge in [0, 0.05) is 18.0 Å². The van der Waals surface area contributed by atoms with E-state index in [0.717, 1.165) is 41.5 Å². The number of ether oxygens (including phenoxy) is 1. The van der Waals surface area contributed by atoms with E-state index in [9.17, 15) is 9.90 Å². The van der Waals surface area contributed by atoms with Crippen LogP contribution in [0.3, 0.4) is 0 Å². The van der Waals surface area contributed by atoms with Gasteiger partial charge in [0.2, 0.25) is 0 Å². The highest BCUT2D eigenvalue weighted by atomic mass is 32.2. The van der Waals surface area contributed by atoms with E-state index in [1.165, 1.54) is 11.8 Å². The lowest BCUT2D eigenvalue weighted by Crippen LogP contribution is -2.44. The summed E-state index contributed by atoms with van der Waals surface area (Å²) in [5.41, 5.74) is 1.78. The molecular weight excluding hydrogens is 372 g/mol. The predicted octanol–water partition coefficient (Wildman–Crippen LogP) is 3.58. The largest absolute Gasteiger partial charge is 0.497 e. The maximum atomic E-state index is 13.2. The first-order chi connectivity index (χ1) is 13.6. The van der Waals surface area contributed by atoms with Crippen molar-refractivity contribution in [3.63, 3.8) is 0 Å². The molecule has 0 fully saturated rings. The number of anilines is 1. The number of fused-ring (bicyclic) bond motifs is 1. The average Bonchev–Trinajstić information content (AvgIpc) is 2.84. The molecule has 2 aromatic carbocycles. The van der Waals surface area contributed by atoms with Crippen LogP contribution in [0.15, 0.2) is 53.4 Å². The van der Waals surface area contributed by atoms with Crippen molar-refractivity contribution in [2.24, 2.45) is 0 Å². The van der Waals surface area contributed by atoms with Gasteiger partial charge in [0.1, 0.15) is 11.9 Å². The normalized spacial score (nSPS) is 19.5. The summed E-state index contributed by atoms with van der Waals surface area (Å²) in [6, 6.07) is 15.5. The number of para-hydroxylation sites is 1. The summed E-state index contributed by atoms with van der Waals surface area (Å²) in [5, 5.41) is 10.6. The molecule has 2 atom stereocenters. The van der Waals surface area contributed by atoms with Crippen LogP contribution >= 0.6 is 11.8 Å². The molecule has 1 heterocycles. The van der Waals surface area contributed by atoms with Crippen molar-refractivity contribution >= 4 is 23.4 Å². The zero-order valence-electron chi connectivity index (χ0n) is 16.7. The highest BCUT2D eigenvalue weighted by Crippen LogP contribution is 2.45. The van der Waals surface area contributed by atoms with Crippen molar-refractivity contribution < 1.29 is 14.6 Å². The summed E-state index contributed by atoms with van der Waals surface area (Å²) in [7, 11) is 1.62. The first-order valence-corrected chi connectivity index (χ1v) is 10.6. The van der Waals surface area contributed by atoms with Crippen LogP contribution in [0.1, 0.15) is 24.7 Å². The third-order valence-electron chi connectivity index (χ3n) is 5.19. The molecule has 1 aliphatic rings. The third-order valence-corrected chi connectivity index (χ3v) is 6.58. The Kier molecular flexibility index (Phi) is 6.99. The molecule has 5 nitrogen and oxygen atoms in total. The molecule has 2 aromatic rings. The number of aliphatic hydroxyl groups excluding tert-OH is 1. The molecular formula is C22H28N2O3S. The Bertz CT molecular complexity index is 793. The minimum absolute atomic E-state index is 0.245. The number of benzene rings is 2. The van der Waals surface area contributed by atoms with Crippen molar-refractivity contribution in [1.82, 2.24) is 4.90 Å². The number of hydrogen-bond donors (Lipinski definition) is 1. The third kappa shape index (κ3) is 4.35. The lowest BCUT2D eigenvalue weighted by Gasteiger charge is -2.28. The summed E-state index contributed by atoms with van der Waals surface area (Å²) in [6.07, 6.45) is -1.11. The molecule has 1 amide bonds. The number of methoxy groups -OCH3 is 1. The van der Waals surface area contributed by atoms with Gasteiger partial charge < -0.3 is 19.6 Å². The molecule has 0 aromatic heterocycles. The maximum absolute atomic E-state index is 13.2. The second-order valence-corrected chi connectivity index (χ2v) is 7.92. The lowest BCUT2D eigenvalue weighted by atomic mass is 10.1. The fourth-order valence-corrected chi connectivity index (χ4v) is 4.71. The van der Waals surface area contributed by atoms with Gasteiger partial charge >= 0.3 is 0 Å². The van der Waals surface area contributed by atoms with Crippen LogP contribution < -0.4 is 9.64 Å². The molecule has 1 N–H and O–H groups in total. The number of aliphatic hydroxyl groups is 1. The van der Waals surface area contributed by atoms with Crippen molar-refractivity contribution in [2.75, 3.05) is 38.2 Å². The smallest absolute Gasteiger partial charge is 0.257 e. The molecule has 150 valence electrons. The first-order valence-electron chi connectivity index (χ1n) is 9.70. The molecule has 0 saturated heterocycles. The van der Waals surface area contributed by atoms with Crippen molar-refractivity contribution in [3.05, 3.63) is 54.1 Å². The fraction of sp³-hybridized carbons (Fsp3) is 0.409. The van der Waals surface area contributed by atoms with Gasteiger partial charge in [-0.05, 0) is 42.9 Å². The second-order valence-electron chi connectivity index (χ2n) is 6.74. The van der Waals surface area contributed by atoms with Crippen LogP contribution in [-0.2, 0) is 4.79 Å². The first kappa shape index (κ1) is 20.7. The maximum Gasteiger partial charge on any atom is 0.257 e. The molecule has 0 unspecified atom stereocenters. The molecule has 6 heteroatoms. The number of amides is 1. The van der Waals surface area contributed by atoms with E-state index < -0.39 is 6.10 Å². The number of nitrogens with zero attached hydrogens (tertiary/aromatic N) is 2. The van der Waals surface area contributed by atoms with Crippen LogP contribution in [0.5, 0.6) is 5.75 Å².